The summed E-state index contributed by atoms with van der Waals surface area (Å²) < 4.78 is 3.84. The van der Waals surface area contributed by atoms with E-state index in [0.717, 1.165) is 40.6 Å². The highest BCUT2D eigenvalue weighted by Crippen LogP contribution is 2.43. The minimum atomic E-state index is -0.923. The molecule has 1 aliphatic heterocycles. The number of piperidine rings is 1. The topological polar surface area (TPSA) is 70.7 Å². The second-order valence-electron chi connectivity index (χ2n) is 13.4. The molecule has 1 aromatic heterocycles. The van der Waals surface area contributed by atoms with Gasteiger partial charge < -0.3 is 5.11 Å². The Morgan fingerprint density at radius 2 is 1.18 bits per heavy atom. The summed E-state index contributed by atoms with van der Waals surface area (Å²) in [4.78, 5) is 32.0. The molecule has 50 heavy (non-hydrogen) atoms. The molecule has 2 atom stereocenters. The Morgan fingerprint density at radius 1 is 0.680 bits per heavy atom. The first-order chi connectivity index (χ1) is 24.5. The third-order valence-corrected chi connectivity index (χ3v) is 10.3. The minimum Gasteiger partial charge on any atom is -0.465 e. The number of fused-ring (bicyclic) bond motifs is 1. The second kappa shape index (κ2) is 15.0. The number of aryl methyl sites for hydroxylation is 1. The van der Waals surface area contributed by atoms with Crippen molar-refractivity contribution >= 4 is 17.1 Å². The molecule has 7 nitrogen and oxygen atoms in total. The number of carbonyl (C=O) groups is 1. The predicted octanol–water partition coefficient (Wildman–Crippen LogP) is 8.59. The number of carboxylic acid groups (broad SMARTS) is 1. The molecule has 1 fully saturated rings. The van der Waals surface area contributed by atoms with Gasteiger partial charge in [0.15, 0.2) is 0 Å². The summed E-state index contributed by atoms with van der Waals surface area (Å²) in [5, 5.41) is 10.9. The van der Waals surface area contributed by atoms with Crippen LogP contribution in [0.1, 0.15) is 54.0 Å². The van der Waals surface area contributed by atoms with Gasteiger partial charge in [-0.3, -0.25) is 18.9 Å². The van der Waals surface area contributed by atoms with Crippen LogP contribution in [0.2, 0.25) is 0 Å². The predicted molar refractivity (Wildman–Crippen MR) is 199 cm³/mol. The summed E-state index contributed by atoms with van der Waals surface area (Å²) in [5.74, 6) is 0. The molecule has 2 heterocycles. The highest BCUT2D eigenvalue weighted by molar-refractivity contribution is 5.76. The normalized spacial score (nSPS) is 17.7. The molecule has 254 valence electrons. The van der Waals surface area contributed by atoms with Crippen molar-refractivity contribution in [2.75, 3.05) is 6.54 Å². The Bertz CT molecular complexity index is 2020. The molecule has 1 aliphatic rings. The first-order valence-electron chi connectivity index (χ1n) is 17.6. The van der Waals surface area contributed by atoms with E-state index in [0.29, 0.717) is 45.4 Å². The SMILES string of the molecule is O=C(O)N1CCC(n2c(=O)n(Cc3ccccc3)c3ccccc32)CC1(CCCc1ccccc1)N(Cc1ccccc1)Cc1ccccc1. The average Bonchev–Trinajstić information content (AvgIpc) is 3.43. The maximum Gasteiger partial charge on any atom is 0.408 e. The number of nitrogens with zero attached hydrogens (tertiary/aromatic N) is 4. The molecule has 0 saturated carbocycles. The van der Waals surface area contributed by atoms with Crippen LogP contribution < -0.4 is 5.69 Å². The van der Waals surface area contributed by atoms with Crippen LogP contribution in [0.25, 0.3) is 11.0 Å². The van der Waals surface area contributed by atoms with Crippen LogP contribution in [0.15, 0.2) is 150 Å². The molecule has 1 amide bonds. The highest BCUT2D eigenvalue weighted by atomic mass is 16.4. The number of para-hydroxylation sites is 2. The third kappa shape index (κ3) is 7.00. The van der Waals surface area contributed by atoms with Crippen molar-refractivity contribution in [2.24, 2.45) is 0 Å². The largest absolute Gasteiger partial charge is 0.465 e. The number of amides is 1. The standard InChI is InChI=1S/C43H44N4O3/c48-41-45(33-37-22-11-4-12-23-37)39-25-13-14-26-40(39)47(41)38-27-29-46(42(49)50)43(30-38,28-15-24-34-16-5-1-6-17-34)44(31-35-18-7-2-8-19-35)32-36-20-9-3-10-21-36/h1-14,16-23,25-26,38H,15,24,27-33H2,(H,49,50). The number of hydrogen-bond acceptors (Lipinski definition) is 3. The monoisotopic (exact) mass is 664 g/mol. The number of likely N-dealkylation sites (tertiary alicyclic amines) is 1. The zero-order valence-corrected chi connectivity index (χ0v) is 28.4. The van der Waals surface area contributed by atoms with E-state index < -0.39 is 11.8 Å². The zero-order valence-electron chi connectivity index (χ0n) is 28.4. The number of imidazole rings is 1. The van der Waals surface area contributed by atoms with E-state index in [4.69, 9.17) is 0 Å². The molecule has 1 N–H and O–H groups in total. The van der Waals surface area contributed by atoms with Crippen molar-refractivity contribution in [1.29, 1.82) is 0 Å². The van der Waals surface area contributed by atoms with Gasteiger partial charge in [0.25, 0.3) is 0 Å². The molecule has 0 spiro atoms. The summed E-state index contributed by atoms with van der Waals surface area (Å²) in [5.41, 5.74) is 5.38. The smallest absolute Gasteiger partial charge is 0.408 e. The Labute approximate surface area is 293 Å². The van der Waals surface area contributed by atoms with Gasteiger partial charge in [-0.25, -0.2) is 9.59 Å². The van der Waals surface area contributed by atoms with Crippen LogP contribution in [0.3, 0.4) is 0 Å². The van der Waals surface area contributed by atoms with Crippen molar-refractivity contribution in [1.82, 2.24) is 18.9 Å². The molecule has 0 aliphatic carbocycles. The molecule has 0 bridgehead atoms. The molecule has 1 saturated heterocycles. The third-order valence-electron chi connectivity index (χ3n) is 10.3. The maximum absolute atomic E-state index is 14.6. The fraction of sp³-hybridized carbons (Fsp3) is 0.256. The van der Waals surface area contributed by atoms with Gasteiger partial charge in [-0.05, 0) is 60.1 Å². The van der Waals surface area contributed by atoms with Gasteiger partial charge in [0.1, 0.15) is 5.66 Å². The Balaban J connectivity index is 1.34. The lowest BCUT2D eigenvalue weighted by Gasteiger charge is -2.54. The van der Waals surface area contributed by atoms with Gasteiger partial charge >= 0.3 is 11.8 Å². The van der Waals surface area contributed by atoms with E-state index in [1.807, 2.05) is 106 Å². The van der Waals surface area contributed by atoms with Crippen LogP contribution in [-0.4, -0.2) is 42.3 Å². The number of hydrogen-bond donors (Lipinski definition) is 1. The van der Waals surface area contributed by atoms with Crippen molar-refractivity contribution in [3.8, 4) is 0 Å². The lowest BCUT2D eigenvalue weighted by Crippen LogP contribution is -2.65. The molecule has 0 radical (unpaired) electrons. The van der Waals surface area contributed by atoms with Crippen molar-refractivity contribution < 1.29 is 9.90 Å². The van der Waals surface area contributed by atoms with Crippen LogP contribution >= 0.6 is 0 Å². The Kier molecular flexibility index (Phi) is 9.94. The molecular formula is C43H44N4O3. The van der Waals surface area contributed by atoms with Gasteiger partial charge in [0, 0.05) is 32.1 Å². The van der Waals surface area contributed by atoms with Crippen molar-refractivity contribution in [3.05, 3.63) is 178 Å². The van der Waals surface area contributed by atoms with Gasteiger partial charge in [-0.2, -0.15) is 0 Å². The first kappa shape index (κ1) is 33.1. The molecule has 2 unspecified atom stereocenters. The van der Waals surface area contributed by atoms with Crippen LogP contribution in [-0.2, 0) is 26.1 Å². The summed E-state index contributed by atoms with van der Waals surface area (Å²) in [6.07, 6.45) is 2.38. The summed E-state index contributed by atoms with van der Waals surface area (Å²) in [7, 11) is 0. The molecule has 6 aromatic rings. The van der Waals surface area contributed by atoms with Crippen LogP contribution in [0.4, 0.5) is 4.79 Å². The number of benzene rings is 5. The Morgan fingerprint density at radius 3 is 1.74 bits per heavy atom. The van der Waals surface area contributed by atoms with E-state index >= 15 is 0 Å². The Hall–Kier alpha value is -5.40. The fourth-order valence-electron chi connectivity index (χ4n) is 7.95. The summed E-state index contributed by atoms with van der Waals surface area (Å²) in [6, 6.07) is 48.9. The highest BCUT2D eigenvalue weighted by Gasteiger charge is 2.49. The summed E-state index contributed by atoms with van der Waals surface area (Å²) in [6.45, 7) is 1.94. The van der Waals surface area contributed by atoms with E-state index in [1.54, 1.807) is 4.90 Å². The van der Waals surface area contributed by atoms with E-state index in [1.165, 1.54) is 5.56 Å². The maximum atomic E-state index is 14.6. The molecule has 5 aromatic carbocycles. The fourth-order valence-corrected chi connectivity index (χ4v) is 7.95. The van der Waals surface area contributed by atoms with Crippen LogP contribution in [0, 0.1) is 0 Å². The number of aromatic nitrogens is 2. The van der Waals surface area contributed by atoms with E-state index in [2.05, 4.69) is 53.4 Å². The number of rotatable bonds is 12. The molecule has 7 rings (SSSR count). The zero-order chi connectivity index (χ0) is 34.3. The van der Waals surface area contributed by atoms with E-state index in [9.17, 15) is 14.7 Å². The van der Waals surface area contributed by atoms with Gasteiger partial charge in [-0.15, -0.1) is 0 Å². The van der Waals surface area contributed by atoms with Gasteiger partial charge in [0.2, 0.25) is 0 Å². The quantitative estimate of drug-likeness (QED) is 0.142. The first-order valence-corrected chi connectivity index (χ1v) is 17.6. The second-order valence-corrected chi connectivity index (χ2v) is 13.4. The molecule has 7 heteroatoms. The van der Waals surface area contributed by atoms with Gasteiger partial charge in [-0.1, -0.05) is 133 Å². The van der Waals surface area contributed by atoms with Crippen molar-refractivity contribution in [2.45, 2.75) is 63.4 Å². The van der Waals surface area contributed by atoms with E-state index in [-0.39, 0.29) is 11.7 Å². The lowest BCUT2D eigenvalue weighted by atomic mass is 9.84. The van der Waals surface area contributed by atoms with Crippen LogP contribution in [0.5, 0.6) is 0 Å². The minimum absolute atomic E-state index is 0.0558. The average molecular weight is 665 g/mol. The van der Waals surface area contributed by atoms with Gasteiger partial charge in [0.05, 0.1) is 17.6 Å². The lowest BCUT2D eigenvalue weighted by molar-refractivity contribution is -0.0980. The molecular weight excluding hydrogens is 620 g/mol. The van der Waals surface area contributed by atoms with Crippen molar-refractivity contribution in [3.63, 3.8) is 0 Å². The summed E-state index contributed by atoms with van der Waals surface area (Å²) >= 11 is 0.